The van der Waals surface area contributed by atoms with Crippen molar-refractivity contribution in [2.75, 3.05) is 12.4 Å². The zero-order chi connectivity index (χ0) is 25.2. The normalized spacial score (nSPS) is 11.8. The highest BCUT2D eigenvalue weighted by Crippen LogP contribution is 2.27. The summed E-state index contributed by atoms with van der Waals surface area (Å²) in [5.41, 5.74) is 5.26. The SMILES string of the molecule is CNC(C)C(=O)Nc1cc(-c2ncnc3cnn(C)c23)cc(C#Cc2ccc3c(C)nccc3c2)n1. The van der Waals surface area contributed by atoms with E-state index in [0.29, 0.717) is 17.2 Å². The van der Waals surface area contributed by atoms with Crippen molar-refractivity contribution in [1.29, 1.82) is 0 Å². The first kappa shape index (κ1) is 23.1. The van der Waals surface area contributed by atoms with Crippen LogP contribution in [0, 0.1) is 18.8 Å². The molecule has 0 aliphatic rings. The second-order valence-corrected chi connectivity index (χ2v) is 8.43. The molecule has 0 spiro atoms. The molecule has 1 unspecified atom stereocenters. The summed E-state index contributed by atoms with van der Waals surface area (Å²) in [5.74, 6) is 6.54. The lowest BCUT2D eigenvalue weighted by atomic mass is 10.1. The summed E-state index contributed by atoms with van der Waals surface area (Å²) in [6.07, 6.45) is 4.98. The number of pyridine rings is 2. The van der Waals surface area contributed by atoms with Crippen LogP contribution >= 0.6 is 0 Å². The van der Waals surface area contributed by atoms with Crippen molar-refractivity contribution in [3.8, 4) is 23.1 Å². The van der Waals surface area contributed by atoms with Crippen molar-refractivity contribution in [2.24, 2.45) is 7.05 Å². The number of hydrogen-bond donors (Lipinski definition) is 2. The van der Waals surface area contributed by atoms with Gasteiger partial charge in [0.2, 0.25) is 5.91 Å². The number of carbonyl (C=O) groups excluding carboxylic acids is 1. The maximum absolute atomic E-state index is 12.6. The molecule has 1 atom stereocenters. The Morgan fingerprint density at radius 3 is 2.78 bits per heavy atom. The highest BCUT2D eigenvalue weighted by Gasteiger charge is 2.16. The maximum Gasteiger partial charge on any atom is 0.242 e. The third-order valence-electron chi connectivity index (χ3n) is 6.00. The first-order valence-corrected chi connectivity index (χ1v) is 11.4. The van der Waals surface area contributed by atoms with Crippen LogP contribution in [0.5, 0.6) is 0 Å². The summed E-state index contributed by atoms with van der Waals surface area (Å²) in [6, 6.07) is 11.2. The molecule has 5 rings (SSSR count). The summed E-state index contributed by atoms with van der Waals surface area (Å²) in [7, 11) is 3.57. The highest BCUT2D eigenvalue weighted by atomic mass is 16.2. The van der Waals surface area contributed by atoms with Crippen molar-refractivity contribution >= 4 is 33.5 Å². The molecule has 9 heteroatoms. The Hall–Kier alpha value is -4.68. The van der Waals surface area contributed by atoms with Gasteiger partial charge in [0.15, 0.2) is 0 Å². The van der Waals surface area contributed by atoms with Gasteiger partial charge in [0.1, 0.15) is 28.9 Å². The molecule has 178 valence electrons. The zero-order valence-electron chi connectivity index (χ0n) is 20.4. The average molecular weight is 477 g/mol. The van der Waals surface area contributed by atoms with Gasteiger partial charge in [0.05, 0.1) is 17.9 Å². The summed E-state index contributed by atoms with van der Waals surface area (Å²) in [5, 5.41) is 12.3. The van der Waals surface area contributed by atoms with E-state index in [4.69, 9.17) is 0 Å². The first-order valence-electron chi connectivity index (χ1n) is 11.4. The lowest BCUT2D eigenvalue weighted by Gasteiger charge is -2.12. The Balaban J connectivity index is 1.60. The van der Waals surface area contributed by atoms with Crippen molar-refractivity contribution < 1.29 is 4.79 Å². The number of nitrogens with zero attached hydrogens (tertiary/aromatic N) is 6. The topological polar surface area (TPSA) is 111 Å². The van der Waals surface area contributed by atoms with E-state index in [0.717, 1.165) is 38.6 Å². The zero-order valence-corrected chi connectivity index (χ0v) is 20.4. The van der Waals surface area contributed by atoms with Gasteiger partial charge in [-0.05, 0) is 62.5 Å². The minimum absolute atomic E-state index is 0.201. The van der Waals surface area contributed by atoms with Gasteiger partial charge in [-0.3, -0.25) is 14.5 Å². The molecule has 0 radical (unpaired) electrons. The average Bonchev–Trinajstić information content (AvgIpc) is 3.27. The number of anilines is 1. The lowest BCUT2D eigenvalue weighted by Crippen LogP contribution is -2.35. The fourth-order valence-corrected chi connectivity index (χ4v) is 3.92. The fraction of sp³-hybridized carbons (Fsp3) is 0.185. The molecule has 4 heterocycles. The third kappa shape index (κ3) is 4.50. The van der Waals surface area contributed by atoms with Gasteiger partial charge in [0.25, 0.3) is 0 Å². The van der Waals surface area contributed by atoms with Gasteiger partial charge in [-0.2, -0.15) is 5.10 Å². The van der Waals surface area contributed by atoms with Crippen LogP contribution in [0.4, 0.5) is 5.82 Å². The van der Waals surface area contributed by atoms with E-state index in [1.165, 1.54) is 6.33 Å². The summed E-state index contributed by atoms with van der Waals surface area (Å²) >= 11 is 0. The number of likely N-dealkylation sites (N-methyl/N-ethyl adjacent to an activating group) is 1. The van der Waals surface area contributed by atoms with Crippen molar-refractivity contribution in [3.05, 3.63) is 72.1 Å². The minimum Gasteiger partial charge on any atom is -0.309 e. The smallest absolute Gasteiger partial charge is 0.242 e. The Morgan fingerprint density at radius 1 is 1.08 bits per heavy atom. The molecule has 0 aliphatic heterocycles. The van der Waals surface area contributed by atoms with E-state index in [2.05, 4.69) is 47.5 Å². The molecule has 9 nitrogen and oxygen atoms in total. The van der Waals surface area contributed by atoms with Crippen molar-refractivity contribution in [3.63, 3.8) is 0 Å². The quantitative estimate of drug-likeness (QED) is 0.383. The Bertz CT molecular complexity index is 1680. The summed E-state index contributed by atoms with van der Waals surface area (Å²) in [6.45, 7) is 3.76. The third-order valence-corrected chi connectivity index (χ3v) is 6.00. The number of rotatable bonds is 4. The van der Waals surface area contributed by atoms with Crippen LogP contribution < -0.4 is 10.6 Å². The minimum atomic E-state index is -0.386. The van der Waals surface area contributed by atoms with E-state index in [1.54, 1.807) is 37.1 Å². The van der Waals surface area contributed by atoms with E-state index < -0.39 is 0 Å². The monoisotopic (exact) mass is 476 g/mol. The van der Waals surface area contributed by atoms with Gasteiger partial charge in [-0.1, -0.05) is 12.0 Å². The molecule has 2 N–H and O–H groups in total. The Morgan fingerprint density at radius 2 is 1.94 bits per heavy atom. The second-order valence-electron chi connectivity index (χ2n) is 8.43. The number of carbonyl (C=O) groups is 1. The van der Waals surface area contributed by atoms with Gasteiger partial charge < -0.3 is 10.6 Å². The molecule has 4 aromatic heterocycles. The number of aromatic nitrogens is 6. The molecule has 1 amide bonds. The van der Waals surface area contributed by atoms with Crippen LogP contribution in [0.3, 0.4) is 0 Å². The van der Waals surface area contributed by atoms with Gasteiger partial charge in [-0.25, -0.2) is 15.0 Å². The molecule has 36 heavy (non-hydrogen) atoms. The van der Waals surface area contributed by atoms with Gasteiger partial charge in [0, 0.05) is 35.5 Å². The molecule has 5 aromatic rings. The van der Waals surface area contributed by atoms with Crippen LogP contribution in [0.15, 0.2) is 55.1 Å². The largest absolute Gasteiger partial charge is 0.309 e. The maximum atomic E-state index is 12.6. The number of benzene rings is 1. The summed E-state index contributed by atoms with van der Waals surface area (Å²) < 4.78 is 1.73. The molecule has 0 saturated heterocycles. The van der Waals surface area contributed by atoms with Crippen molar-refractivity contribution in [2.45, 2.75) is 19.9 Å². The lowest BCUT2D eigenvalue weighted by molar-refractivity contribution is -0.117. The van der Waals surface area contributed by atoms with Crippen LogP contribution in [0.1, 0.15) is 23.9 Å². The molecule has 0 aliphatic carbocycles. The van der Waals surface area contributed by atoms with E-state index in [1.807, 2.05) is 44.3 Å². The van der Waals surface area contributed by atoms with E-state index in [-0.39, 0.29) is 11.9 Å². The van der Waals surface area contributed by atoms with Crippen LogP contribution in [-0.4, -0.2) is 48.7 Å². The summed E-state index contributed by atoms with van der Waals surface area (Å²) in [4.78, 5) is 30.3. The molecular weight excluding hydrogens is 452 g/mol. The van der Waals surface area contributed by atoms with Crippen LogP contribution in [-0.2, 0) is 11.8 Å². The van der Waals surface area contributed by atoms with E-state index >= 15 is 0 Å². The van der Waals surface area contributed by atoms with Crippen molar-refractivity contribution in [1.82, 2.24) is 35.0 Å². The molecular formula is C27H24N8O. The number of nitrogens with one attached hydrogen (secondary N) is 2. The number of fused-ring (bicyclic) bond motifs is 2. The standard InChI is InChI=1S/C27H24N8O/c1-16-22-8-6-18(11-19(22)9-10-29-16)5-7-21-12-20(13-24(33-21)34-27(36)17(2)28-3)25-26-23(30-15-31-25)14-32-35(26)4/h6,8-15,17,28H,1-4H3,(H,33,34,36). The van der Waals surface area contributed by atoms with Gasteiger partial charge >= 0.3 is 0 Å². The molecule has 1 aromatic carbocycles. The fourth-order valence-electron chi connectivity index (χ4n) is 3.92. The highest BCUT2D eigenvalue weighted by molar-refractivity contribution is 5.95. The Labute approximate surface area is 208 Å². The number of aryl methyl sites for hydroxylation is 2. The van der Waals surface area contributed by atoms with Gasteiger partial charge in [-0.15, -0.1) is 0 Å². The molecule has 0 saturated carbocycles. The first-order chi connectivity index (χ1) is 17.4. The Kier molecular flexibility index (Phi) is 6.10. The van der Waals surface area contributed by atoms with Crippen LogP contribution in [0.2, 0.25) is 0 Å². The molecule has 0 fully saturated rings. The number of hydrogen-bond acceptors (Lipinski definition) is 7. The predicted octanol–water partition coefficient (Wildman–Crippen LogP) is 3.23. The predicted molar refractivity (Wildman–Crippen MR) is 139 cm³/mol. The molecule has 0 bridgehead atoms. The second kappa shape index (κ2) is 9.52. The van der Waals surface area contributed by atoms with E-state index in [9.17, 15) is 4.79 Å². The number of amides is 1. The van der Waals surface area contributed by atoms with Crippen LogP contribution in [0.25, 0.3) is 33.1 Å².